The van der Waals surface area contributed by atoms with Crippen LogP contribution in [0.3, 0.4) is 0 Å². The van der Waals surface area contributed by atoms with Crippen molar-refractivity contribution in [3.05, 3.63) is 33.8 Å². The molecule has 0 aromatic heterocycles. The minimum Gasteiger partial charge on any atom is -0.478 e. The van der Waals surface area contributed by atoms with Crippen LogP contribution in [0.15, 0.2) is 22.7 Å². The molecule has 1 N–H and O–H groups in total. The molecule has 0 radical (unpaired) electrons. The first kappa shape index (κ1) is 11.5. The third-order valence-electron chi connectivity index (χ3n) is 1.40. The number of carboxylic acids is 1. The van der Waals surface area contributed by atoms with Crippen molar-refractivity contribution >= 4 is 34.3 Å². The Labute approximate surface area is 85.1 Å². The minimum atomic E-state index is -0.888. The van der Waals surface area contributed by atoms with Crippen molar-refractivity contribution in [2.75, 3.05) is 0 Å². The molecular formula is C8H8BrClO2. The second-order valence-electron chi connectivity index (χ2n) is 2.27. The van der Waals surface area contributed by atoms with E-state index in [2.05, 4.69) is 15.9 Å². The first-order chi connectivity index (χ1) is 5.11. The lowest BCUT2D eigenvalue weighted by Gasteiger charge is -1.98. The Morgan fingerprint density at radius 2 is 2.08 bits per heavy atom. The average molecular weight is 252 g/mol. The van der Waals surface area contributed by atoms with E-state index in [1.54, 1.807) is 18.2 Å². The highest BCUT2D eigenvalue weighted by molar-refractivity contribution is 9.10. The number of aromatic carboxylic acids is 1. The molecular weight excluding hydrogens is 243 g/mol. The first-order valence-electron chi connectivity index (χ1n) is 3.10. The summed E-state index contributed by atoms with van der Waals surface area (Å²) in [6.45, 7) is 1.86. The summed E-state index contributed by atoms with van der Waals surface area (Å²) in [5.74, 6) is -0.888. The van der Waals surface area contributed by atoms with Gasteiger partial charge in [0.05, 0.1) is 5.56 Å². The second-order valence-corrected chi connectivity index (χ2v) is 3.12. The number of halogens is 2. The molecule has 66 valence electrons. The fourth-order valence-corrected chi connectivity index (χ4v) is 1.02. The van der Waals surface area contributed by atoms with Gasteiger partial charge in [-0.1, -0.05) is 15.9 Å². The van der Waals surface area contributed by atoms with Crippen molar-refractivity contribution < 1.29 is 9.90 Å². The molecule has 1 rings (SSSR count). The van der Waals surface area contributed by atoms with Gasteiger partial charge in [0.15, 0.2) is 0 Å². The zero-order valence-corrected chi connectivity index (χ0v) is 8.78. The number of aryl methyl sites for hydroxylation is 1. The molecule has 0 saturated heterocycles. The zero-order chi connectivity index (χ0) is 8.43. The molecule has 2 nitrogen and oxygen atoms in total. The van der Waals surface area contributed by atoms with Gasteiger partial charge in [-0.2, -0.15) is 0 Å². The van der Waals surface area contributed by atoms with Crippen LogP contribution in [-0.4, -0.2) is 11.1 Å². The van der Waals surface area contributed by atoms with Crippen molar-refractivity contribution in [3.63, 3.8) is 0 Å². The summed E-state index contributed by atoms with van der Waals surface area (Å²) in [5.41, 5.74) is 1.26. The van der Waals surface area contributed by atoms with E-state index in [0.29, 0.717) is 5.56 Å². The van der Waals surface area contributed by atoms with Gasteiger partial charge in [0.1, 0.15) is 0 Å². The number of benzene rings is 1. The van der Waals surface area contributed by atoms with Crippen molar-refractivity contribution in [1.29, 1.82) is 0 Å². The molecule has 0 unspecified atom stereocenters. The quantitative estimate of drug-likeness (QED) is 0.833. The van der Waals surface area contributed by atoms with E-state index in [0.717, 1.165) is 10.0 Å². The molecule has 0 amide bonds. The van der Waals surface area contributed by atoms with Gasteiger partial charge in [0.2, 0.25) is 0 Å². The Bertz CT molecular complexity index is 299. The van der Waals surface area contributed by atoms with E-state index in [1.165, 1.54) is 0 Å². The number of hydrogen-bond donors (Lipinski definition) is 1. The van der Waals surface area contributed by atoms with Crippen LogP contribution in [0.4, 0.5) is 0 Å². The van der Waals surface area contributed by atoms with Crippen LogP contribution in [0.2, 0.25) is 0 Å². The van der Waals surface area contributed by atoms with Gasteiger partial charge < -0.3 is 5.11 Å². The molecule has 0 aliphatic heterocycles. The lowest BCUT2D eigenvalue weighted by Crippen LogP contribution is -1.95. The Morgan fingerprint density at radius 3 is 2.50 bits per heavy atom. The van der Waals surface area contributed by atoms with E-state index in [1.807, 2.05) is 6.92 Å². The maximum absolute atomic E-state index is 10.4. The lowest BCUT2D eigenvalue weighted by atomic mass is 10.1. The van der Waals surface area contributed by atoms with Gasteiger partial charge in [-0.05, 0) is 30.7 Å². The number of carbonyl (C=O) groups is 1. The van der Waals surface area contributed by atoms with Gasteiger partial charge in [-0.15, -0.1) is 12.4 Å². The Balaban J connectivity index is 0.00000121. The molecule has 0 heterocycles. The largest absolute Gasteiger partial charge is 0.478 e. The normalized spacial score (nSPS) is 8.83. The Kier molecular flexibility index (Phi) is 4.28. The average Bonchev–Trinajstić information content (AvgIpc) is 1.94. The van der Waals surface area contributed by atoms with Gasteiger partial charge in [0, 0.05) is 4.47 Å². The van der Waals surface area contributed by atoms with Crippen LogP contribution in [0.1, 0.15) is 15.9 Å². The summed E-state index contributed by atoms with van der Waals surface area (Å²) >= 11 is 3.29. The predicted octanol–water partition coefficient (Wildman–Crippen LogP) is 2.88. The highest BCUT2D eigenvalue weighted by Crippen LogP contribution is 2.16. The van der Waals surface area contributed by atoms with E-state index in [9.17, 15) is 4.79 Å². The van der Waals surface area contributed by atoms with Crippen LogP contribution in [0, 0.1) is 6.92 Å². The molecule has 0 fully saturated rings. The molecule has 0 aliphatic rings. The maximum Gasteiger partial charge on any atom is 0.335 e. The van der Waals surface area contributed by atoms with Crippen molar-refractivity contribution in [3.8, 4) is 0 Å². The third kappa shape index (κ3) is 2.50. The standard InChI is InChI=1S/C8H7BrO2.ClH/c1-5-4-6(8(10)11)2-3-7(5)9;/h2-4H,1H3,(H,10,11);1H. The van der Waals surface area contributed by atoms with Gasteiger partial charge in [-0.25, -0.2) is 4.79 Å². The fourth-order valence-electron chi connectivity index (χ4n) is 0.778. The summed E-state index contributed by atoms with van der Waals surface area (Å²) in [4.78, 5) is 10.4. The summed E-state index contributed by atoms with van der Waals surface area (Å²) in [6, 6.07) is 4.94. The van der Waals surface area contributed by atoms with Crippen LogP contribution >= 0.6 is 28.3 Å². The summed E-state index contributed by atoms with van der Waals surface area (Å²) in [6.07, 6.45) is 0. The Morgan fingerprint density at radius 1 is 1.50 bits per heavy atom. The monoisotopic (exact) mass is 250 g/mol. The topological polar surface area (TPSA) is 37.3 Å². The van der Waals surface area contributed by atoms with Crippen molar-refractivity contribution in [2.45, 2.75) is 6.92 Å². The zero-order valence-electron chi connectivity index (χ0n) is 6.37. The van der Waals surface area contributed by atoms with Gasteiger partial charge in [-0.3, -0.25) is 0 Å². The molecule has 4 heteroatoms. The summed E-state index contributed by atoms with van der Waals surface area (Å²) < 4.78 is 0.933. The number of hydrogen-bond acceptors (Lipinski definition) is 1. The smallest absolute Gasteiger partial charge is 0.335 e. The number of carboxylic acid groups (broad SMARTS) is 1. The molecule has 0 saturated carbocycles. The van der Waals surface area contributed by atoms with Crippen molar-refractivity contribution in [1.82, 2.24) is 0 Å². The van der Waals surface area contributed by atoms with Crippen LogP contribution in [0.5, 0.6) is 0 Å². The predicted molar refractivity (Wildman–Crippen MR) is 53.1 cm³/mol. The number of rotatable bonds is 1. The van der Waals surface area contributed by atoms with E-state index >= 15 is 0 Å². The molecule has 0 spiro atoms. The minimum absolute atomic E-state index is 0. The van der Waals surface area contributed by atoms with E-state index in [4.69, 9.17) is 5.11 Å². The third-order valence-corrected chi connectivity index (χ3v) is 2.29. The fraction of sp³-hybridized carbons (Fsp3) is 0.125. The summed E-state index contributed by atoms with van der Waals surface area (Å²) in [5, 5.41) is 8.58. The molecule has 0 bridgehead atoms. The SMILES string of the molecule is Cc1cc(C(=O)O)ccc1Br.Cl. The van der Waals surface area contributed by atoms with Gasteiger partial charge in [0.25, 0.3) is 0 Å². The molecule has 1 aromatic carbocycles. The highest BCUT2D eigenvalue weighted by atomic mass is 79.9. The molecule has 12 heavy (non-hydrogen) atoms. The van der Waals surface area contributed by atoms with Gasteiger partial charge >= 0.3 is 5.97 Å². The molecule has 0 atom stereocenters. The molecule has 0 aliphatic carbocycles. The van der Waals surface area contributed by atoms with Crippen LogP contribution < -0.4 is 0 Å². The summed E-state index contributed by atoms with van der Waals surface area (Å²) in [7, 11) is 0. The highest BCUT2D eigenvalue weighted by Gasteiger charge is 2.02. The van der Waals surface area contributed by atoms with E-state index < -0.39 is 5.97 Å². The van der Waals surface area contributed by atoms with Crippen molar-refractivity contribution in [2.24, 2.45) is 0 Å². The molecule has 1 aromatic rings. The van der Waals surface area contributed by atoms with Crippen LogP contribution in [-0.2, 0) is 0 Å². The lowest BCUT2D eigenvalue weighted by molar-refractivity contribution is 0.0697. The maximum atomic E-state index is 10.4. The Hall–Kier alpha value is -0.540. The second kappa shape index (κ2) is 4.48. The van der Waals surface area contributed by atoms with Crippen LogP contribution in [0.25, 0.3) is 0 Å². The first-order valence-corrected chi connectivity index (χ1v) is 3.90. The van der Waals surface area contributed by atoms with E-state index in [-0.39, 0.29) is 12.4 Å².